The first-order chi connectivity index (χ1) is 8.65. The molecule has 1 aromatic heterocycles. The number of hydrogen-bond donors (Lipinski definition) is 0. The molecular weight excluding hydrogens is 315 g/mol. The lowest BCUT2D eigenvalue weighted by atomic mass is 10.2. The van der Waals surface area contributed by atoms with E-state index in [1.54, 1.807) is 6.07 Å². The summed E-state index contributed by atoms with van der Waals surface area (Å²) in [6, 6.07) is 8.41. The van der Waals surface area contributed by atoms with Crippen LogP contribution in [-0.4, -0.2) is 5.78 Å². The number of carbonyl (C=O) groups is 1. The van der Waals surface area contributed by atoms with Crippen molar-refractivity contribution in [2.24, 2.45) is 5.92 Å². The third-order valence-electron chi connectivity index (χ3n) is 2.99. The molecule has 0 unspecified atom stereocenters. The summed E-state index contributed by atoms with van der Waals surface area (Å²) in [6.07, 6.45) is 2.04. The Kier molecular flexibility index (Phi) is 3.08. The van der Waals surface area contributed by atoms with Gasteiger partial charge in [-0.25, -0.2) is 4.39 Å². The fraction of sp³-hybridized carbons (Fsp3) is 0.214. The van der Waals surface area contributed by atoms with Crippen molar-refractivity contribution in [2.75, 3.05) is 0 Å². The molecule has 1 aliphatic carbocycles. The van der Waals surface area contributed by atoms with Gasteiger partial charge >= 0.3 is 0 Å². The second kappa shape index (κ2) is 4.59. The molecule has 0 amide bonds. The van der Waals surface area contributed by atoms with E-state index in [4.69, 9.17) is 0 Å². The lowest BCUT2D eigenvalue weighted by Crippen LogP contribution is -1.96. The highest BCUT2D eigenvalue weighted by Crippen LogP contribution is 2.38. The minimum absolute atomic E-state index is 0.244. The normalized spacial score (nSPS) is 14.8. The van der Waals surface area contributed by atoms with Gasteiger partial charge in [0.1, 0.15) is 5.82 Å². The number of halogens is 2. The number of Topliss-reactive ketones (excluding diaryl/α,β-unsaturated/α-hetero) is 1. The minimum atomic E-state index is -0.267. The van der Waals surface area contributed by atoms with Gasteiger partial charge in [0.2, 0.25) is 0 Å². The maximum atomic E-state index is 13.0. The lowest BCUT2D eigenvalue weighted by Gasteiger charge is -2.01. The highest BCUT2D eigenvalue weighted by Gasteiger charge is 2.31. The second-order valence-electron chi connectivity index (χ2n) is 4.43. The Labute approximate surface area is 117 Å². The predicted octanol–water partition coefficient (Wildman–Crippen LogP) is 4.91. The maximum absolute atomic E-state index is 13.0. The first-order valence-electron chi connectivity index (χ1n) is 5.74. The van der Waals surface area contributed by atoms with Crippen molar-refractivity contribution >= 4 is 33.0 Å². The molecule has 0 N–H and O–H groups in total. The Balaban J connectivity index is 1.94. The SMILES string of the molecule is O=C(c1ccc(-c2ccc(F)cc2Br)s1)C1CC1. The van der Waals surface area contributed by atoms with E-state index >= 15 is 0 Å². The Morgan fingerprint density at radius 1 is 1.28 bits per heavy atom. The van der Waals surface area contributed by atoms with Crippen molar-refractivity contribution in [3.8, 4) is 10.4 Å². The molecule has 0 aliphatic heterocycles. The van der Waals surface area contributed by atoms with E-state index in [2.05, 4.69) is 15.9 Å². The van der Waals surface area contributed by atoms with E-state index in [0.717, 1.165) is 32.6 Å². The average molecular weight is 325 g/mol. The molecule has 1 heterocycles. The number of benzene rings is 1. The summed E-state index contributed by atoms with van der Waals surface area (Å²) in [4.78, 5) is 13.7. The summed E-state index contributed by atoms with van der Waals surface area (Å²) in [5.74, 6) is 0.231. The fourth-order valence-corrected chi connectivity index (χ4v) is 3.61. The van der Waals surface area contributed by atoms with Gasteiger partial charge in [-0.2, -0.15) is 0 Å². The predicted molar refractivity (Wildman–Crippen MR) is 74.5 cm³/mol. The summed E-state index contributed by atoms with van der Waals surface area (Å²) in [5.41, 5.74) is 0.927. The number of carbonyl (C=O) groups excluding carboxylic acids is 1. The molecule has 3 rings (SSSR count). The van der Waals surface area contributed by atoms with Gasteiger partial charge in [-0.15, -0.1) is 11.3 Å². The molecule has 92 valence electrons. The van der Waals surface area contributed by atoms with Crippen molar-refractivity contribution in [1.29, 1.82) is 0 Å². The number of thiophene rings is 1. The van der Waals surface area contributed by atoms with Gasteiger partial charge in [0.05, 0.1) is 4.88 Å². The summed E-state index contributed by atoms with van der Waals surface area (Å²) in [7, 11) is 0. The topological polar surface area (TPSA) is 17.1 Å². The van der Waals surface area contributed by atoms with Crippen molar-refractivity contribution in [3.63, 3.8) is 0 Å². The Hall–Kier alpha value is -1.00. The maximum Gasteiger partial charge on any atom is 0.175 e. The van der Waals surface area contributed by atoms with Gasteiger partial charge in [0.25, 0.3) is 0 Å². The third kappa shape index (κ3) is 2.27. The molecule has 18 heavy (non-hydrogen) atoms. The van der Waals surface area contributed by atoms with Gasteiger partial charge in [0.15, 0.2) is 5.78 Å². The van der Waals surface area contributed by atoms with Crippen LogP contribution in [-0.2, 0) is 0 Å². The van der Waals surface area contributed by atoms with E-state index < -0.39 is 0 Å². The summed E-state index contributed by atoms with van der Waals surface area (Å²) >= 11 is 4.83. The van der Waals surface area contributed by atoms with Gasteiger partial charge in [-0.3, -0.25) is 4.79 Å². The van der Waals surface area contributed by atoms with Crippen LogP contribution < -0.4 is 0 Å². The van der Waals surface area contributed by atoms with E-state index in [9.17, 15) is 9.18 Å². The van der Waals surface area contributed by atoms with E-state index in [-0.39, 0.29) is 17.5 Å². The Bertz CT molecular complexity index is 616. The molecule has 0 bridgehead atoms. The quantitative estimate of drug-likeness (QED) is 0.733. The van der Waals surface area contributed by atoms with Gasteiger partial charge in [-0.05, 0) is 43.2 Å². The molecule has 1 nitrogen and oxygen atoms in total. The molecule has 4 heteroatoms. The van der Waals surface area contributed by atoms with Crippen LogP contribution >= 0.6 is 27.3 Å². The standard InChI is InChI=1S/C14H10BrFOS/c15-11-7-9(16)3-4-10(11)12-5-6-13(18-12)14(17)8-1-2-8/h3-8H,1-2H2. The van der Waals surface area contributed by atoms with Crippen molar-refractivity contribution in [2.45, 2.75) is 12.8 Å². The van der Waals surface area contributed by atoms with Gasteiger partial charge < -0.3 is 0 Å². The monoisotopic (exact) mass is 324 g/mol. The Morgan fingerprint density at radius 3 is 2.72 bits per heavy atom. The first kappa shape index (κ1) is 12.1. The molecule has 1 fully saturated rings. The van der Waals surface area contributed by atoms with Crippen LogP contribution in [0.1, 0.15) is 22.5 Å². The Morgan fingerprint density at radius 2 is 2.06 bits per heavy atom. The fourth-order valence-electron chi connectivity index (χ4n) is 1.85. The zero-order chi connectivity index (χ0) is 12.7. The summed E-state index contributed by atoms with van der Waals surface area (Å²) in [5, 5.41) is 0. The van der Waals surface area contributed by atoms with Crippen LogP contribution in [0.25, 0.3) is 10.4 Å². The molecule has 1 aromatic carbocycles. The minimum Gasteiger partial charge on any atom is -0.293 e. The van der Waals surface area contributed by atoms with E-state index in [1.165, 1.54) is 23.5 Å². The molecule has 0 saturated heterocycles. The van der Waals surface area contributed by atoms with E-state index in [1.807, 2.05) is 12.1 Å². The molecule has 1 saturated carbocycles. The molecule has 1 aliphatic rings. The van der Waals surface area contributed by atoms with Crippen LogP contribution in [0.5, 0.6) is 0 Å². The van der Waals surface area contributed by atoms with Crippen LogP contribution in [0, 0.1) is 11.7 Å². The van der Waals surface area contributed by atoms with Crippen LogP contribution in [0.3, 0.4) is 0 Å². The zero-order valence-corrected chi connectivity index (χ0v) is 11.9. The van der Waals surface area contributed by atoms with Crippen LogP contribution in [0.15, 0.2) is 34.8 Å². The molecular formula is C14H10BrFOS. The largest absolute Gasteiger partial charge is 0.293 e. The lowest BCUT2D eigenvalue weighted by molar-refractivity contribution is 0.0971. The van der Waals surface area contributed by atoms with Gasteiger partial charge in [-0.1, -0.05) is 15.9 Å². The van der Waals surface area contributed by atoms with Crippen LogP contribution in [0.2, 0.25) is 0 Å². The molecule has 0 atom stereocenters. The highest BCUT2D eigenvalue weighted by molar-refractivity contribution is 9.10. The molecule has 0 spiro atoms. The average Bonchev–Trinajstić information content (AvgIpc) is 3.07. The highest BCUT2D eigenvalue weighted by atomic mass is 79.9. The number of ketones is 1. The number of hydrogen-bond acceptors (Lipinski definition) is 2. The first-order valence-corrected chi connectivity index (χ1v) is 7.35. The number of rotatable bonds is 3. The van der Waals surface area contributed by atoms with Gasteiger partial charge in [0, 0.05) is 20.8 Å². The second-order valence-corrected chi connectivity index (χ2v) is 6.36. The third-order valence-corrected chi connectivity index (χ3v) is 4.78. The smallest absolute Gasteiger partial charge is 0.175 e. The van der Waals surface area contributed by atoms with Crippen LogP contribution in [0.4, 0.5) is 4.39 Å². The molecule has 0 radical (unpaired) electrons. The summed E-state index contributed by atoms with van der Waals surface area (Å²) < 4.78 is 13.7. The summed E-state index contributed by atoms with van der Waals surface area (Å²) in [6.45, 7) is 0. The van der Waals surface area contributed by atoms with Crippen molar-refractivity contribution in [1.82, 2.24) is 0 Å². The zero-order valence-electron chi connectivity index (χ0n) is 9.45. The van der Waals surface area contributed by atoms with E-state index in [0.29, 0.717) is 0 Å². The van der Waals surface area contributed by atoms with Crippen molar-refractivity contribution < 1.29 is 9.18 Å². The van der Waals surface area contributed by atoms with Crippen molar-refractivity contribution in [3.05, 3.63) is 45.5 Å². The molecule has 2 aromatic rings.